The summed E-state index contributed by atoms with van der Waals surface area (Å²) in [6.45, 7) is 1.78. The van der Waals surface area contributed by atoms with Gasteiger partial charge in [-0.25, -0.2) is 8.42 Å². The molecule has 0 fully saturated rings. The predicted octanol–water partition coefficient (Wildman–Crippen LogP) is 1.12. The first-order valence-corrected chi connectivity index (χ1v) is 6.39. The van der Waals surface area contributed by atoms with Crippen molar-refractivity contribution in [1.82, 2.24) is 0 Å². The predicted molar refractivity (Wildman–Crippen MR) is 58.7 cm³/mol. The van der Waals surface area contributed by atoms with Crippen LogP contribution in [0.15, 0.2) is 23.1 Å². The molecule has 2 N–H and O–H groups in total. The van der Waals surface area contributed by atoms with Crippen molar-refractivity contribution in [2.45, 2.75) is 17.9 Å². The van der Waals surface area contributed by atoms with E-state index in [2.05, 4.69) is 0 Å². The number of benzene rings is 1. The van der Waals surface area contributed by atoms with E-state index in [1.165, 1.54) is 19.4 Å². The molecule has 1 unspecified atom stereocenters. The maximum atomic E-state index is 11.3. The topological polar surface area (TPSA) is 69.4 Å². The number of hydrogen-bond donors (Lipinski definition) is 1. The quantitative estimate of drug-likeness (QED) is 0.843. The first-order chi connectivity index (χ1) is 6.86. The second-order valence-electron chi connectivity index (χ2n) is 3.46. The van der Waals surface area contributed by atoms with Crippen LogP contribution in [0.4, 0.5) is 0 Å². The van der Waals surface area contributed by atoms with E-state index in [4.69, 9.17) is 10.5 Å². The minimum Gasteiger partial charge on any atom is -0.496 e. The summed E-state index contributed by atoms with van der Waals surface area (Å²) in [5, 5.41) is 0. The van der Waals surface area contributed by atoms with Crippen molar-refractivity contribution in [3.05, 3.63) is 23.8 Å². The second-order valence-corrected chi connectivity index (χ2v) is 5.48. The number of methoxy groups -OCH3 is 1. The van der Waals surface area contributed by atoms with Crippen LogP contribution in [0.1, 0.15) is 18.5 Å². The van der Waals surface area contributed by atoms with Gasteiger partial charge in [-0.1, -0.05) is 0 Å². The molecule has 0 radical (unpaired) electrons. The molecule has 0 heterocycles. The highest BCUT2D eigenvalue weighted by molar-refractivity contribution is 7.90. The van der Waals surface area contributed by atoms with Gasteiger partial charge in [-0.05, 0) is 25.1 Å². The SMILES string of the molecule is COc1ccc(S(C)(=O)=O)cc1C(C)N. The van der Waals surface area contributed by atoms with Crippen LogP contribution in [-0.2, 0) is 9.84 Å². The average Bonchev–Trinajstić information content (AvgIpc) is 2.15. The summed E-state index contributed by atoms with van der Waals surface area (Å²) in [7, 11) is -1.67. The fourth-order valence-corrected chi connectivity index (χ4v) is 1.96. The highest BCUT2D eigenvalue weighted by Crippen LogP contribution is 2.26. The molecule has 0 aliphatic rings. The van der Waals surface area contributed by atoms with Crippen LogP contribution < -0.4 is 10.5 Å². The minimum atomic E-state index is -3.19. The molecule has 0 saturated heterocycles. The number of ether oxygens (including phenoxy) is 1. The monoisotopic (exact) mass is 229 g/mol. The van der Waals surface area contributed by atoms with Gasteiger partial charge in [-0.3, -0.25) is 0 Å². The molecular formula is C10H15NO3S. The lowest BCUT2D eigenvalue weighted by molar-refractivity contribution is 0.406. The number of hydrogen-bond acceptors (Lipinski definition) is 4. The molecule has 0 saturated carbocycles. The van der Waals surface area contributed by atoms with Crippen LogP contribution in [0.25, 0.3) is 0 Å². The van der Waals surface area contributed by atoms with Crippen molar-refractivity contribution in [2.75, 3.05) is 13.4 Å². The van der Waals surface area contributed by atoms with Crippen LogP contribution in [0, 0.1) is 0 Å². The summed E-state index contributed by atoms with van der Waals surface area (Å²) in [6, 6.07) is 4.43. The molecule has 1 rings (SSSR count). The van der Waals surface area contributed by atoms with E-state index in [1.54, 1.807) is 19.1 Å². The normalized spacial score (nSPS) is 13.6. The van der Waals surface area contributed by atoms with E-state index in [0.717, 1.165) is 0 Å². The van der Waals surface area contributed by atoms with Crippen LogP contribution >= 0.6 is 0 Å². The Hall–Kier alpha value is -1.07. The van der Waals surface area contributed by atoms with E-state index in [-0.39, 0.29) is 10.9 Å². The summed E-state index contributed by atoms with van der Waals surface area (Å²) in [5.74, 6) is 0.609. The van der Waals surface area contributed by atoms with Crippen LogP contribution in [0.3, 0.4) is 0 Å². The van der Waals surface area contributed by atoms with Crippen LogP contribution in [-0.4, -0.2) is 21.8 Å². The van der Waals surface area contributed by atoms with Gasteiger partial charge >= 0.3 is 0 Å². The van der Waals surface area contributed by atoms with E-state index < -0.39 is 9.84 Å². The molecule has 84 valence electrons. The van der Waals surface area contributed by atoms with Crippen molar-refractivity contribution < 1.29 is 13.2 Å². The standard InChI is InChI=1S/C10H15NO3S/c1-7(11)9-6-8(15(3,12)13)4-5-10(9)14-2/h4-7H,11H2,1-3H3. The Morgan fingerprint density at radius 2 is 2.00 bits per heavy atom. The van der Waals surface area contributed by atoms with E-state index >= 15 is 0 Å². The van der Waals surface area contributed by atoms with Gasteiger partial charge in [0.1, 0.15) is 5.75 Å². The first-order valence-electron chi connectivity index (χ1n) is 4.50. The Labute approximate surface area is 90.0 Å². The van der Waals surface area contributed by atoms with Crippen LogP contribution in [0.5, 0.6) is 5.75 Å². The lowest BCUT2D eigenvalue weighted by atomic mass is 10.1. The molecule has 5 heteroatoms. The van der Waals surface area contributed by atoms with Gasteiger partial charge in [0.05, 0.1) is 12.0 Å². The van der Waals surface area contributed by atoms with Gasteiger partial charge in [0.2, 0.25) is 0 Å². The van der Waals surface area contributed by atoms with Crippen molar-refractivity contribution >= 4 is 9.84 Å². The molecule has 15 heavy (non-hydrogen) atoms. The fraction of sp³-hybridized carbons (Fsp3) is 0.400. The van der Waals surface area contributed by atoms with Gasteiger partial charge < -0.3 is 10.5 Å². The van der Waals surface area contributed by atoms with Crippen LogP contribution in [0.2, 0.25) is 0 Å². The average molecular weight is 229 g/mol. The number of rotatable bonds is 3. The molecule has 1 aromatic carbocycles. The van der Waals surface area contributed by atoms with Crippen molar-refractivity contribution in [3.8, 4) is 5.75 Å². The van der Waals surface area contributed by atoms with Crippen molar-refractivity contribution in [1.29, 1.82) is 0 Å². The van der Waals surface area contributed by atoms with E-state index in [0.29, 0.717) is 11.3 Å². The Bertz CT molecular complexity index is 452. The summed E-state index contributed by atoms with van der Waals surface area (Å²) >= 11 is 0. The van der Waals surface area contributed by atoms with E-state index in [9.17, 15) is 8.42 Å². The van der Waals surface area contributed by atoms with Gasteiger partial charge in [-0.15, -0.1) is 0 Å². The highest BCUT2D eigenvalue weighted by Gasteiger charge is 2.13. The largest absolute Gasteiger partial charge is 0.496 e. The van der Waals surface area contributed by atoms with E-state index in [1.807, 2.05) is 0 Å². The zero-order valence-electron chi connectivity index (χ0n) is 9.02. The molecule has 1 atom stereocenters. The second kappa shape index (κ2) is 4.20. The molecule has 1 aromatic rings. The summed E-state index contributed by atoms with van der Waals surface area (Å²) in [6.07, 6.45) is 1.17. The lowest BCUT2D eigenvalue weighted by Gasteiger charge is -2.12. The summed E-state index contributed by atoms with van der Waals surface area (Å²) < 4.78 is 27.8. The molecule has 0 aliphatic heterocycles. The Balaban J connectivity index is 3.35. The third-order valence-corrected chi connectivity index (χ3v) is 3.23. The van der Waals surface area contributed by atoms with Crippen molar-refractivity contribution in [2.24, 2.45) is 5.73 Å². The molecular weight excluding hydrogens is 214 g/mol. The van der Waals surface area contributed by atoms with Gasteiger partial charge in [0.25, 0.3) is 0 Å². The Morgan fingerprint density at radius 1 is 1.40 bits per heavy atom. The lowest BCUT2D eigenvalue weighted by Crippen LogP contribution is -2.08. The molecule has 0 aromatic heterocycles. The summed E-state index contributed by atoms with van der Waals surface area (Å²) in [5.41, 5.74) is 6.42. The van der Waals surface area contributed by atoms with Crippen molar-refractivity contribution in [3.63, 3.8) is 0 Å². The highest BCUT2D eigenvalue weighted by atomic mass is 32.2. The fourth-order valence-electron chi connectivity index (χ4n) is 1.30. The van der Waals surface area contributed by atoms with Gasteiger partial charge in [-0.2, -0.15) is 0 Å². The third-order valence-electron chi connectivity index (χ3n) is 2.12. The molecule has 0 aliphatic carbocycles. The maximum Gasteiger partial charge on any atom is 0.175 e. The molecule has 0 spiro atoms. The smallest absolute Gasteiger partial charge is 0.175 e. The first kappa shape index (κ1) is 12.0. The molecule has 0 bridgehead atoms. The zero-order chi connectivity index (χ0) is 11.6. The summed E-state index contributed by atoms with van der Waals surface area (Å²) in [4.78, 5) is 0.260. The zero-order valence-corrected chi connectivity index (χ0v) is 9.84. The van der Waals surface area contributed by atoms with Gasteiger partial charge in [0.15, 0.2) is 9.84 Å². The molecule has 4 nitrogen and oxygen atoms in total. The Kier molecular flexibility index (Phi) is 3.36. The maximum absolute atomic E-state index is 11.3. The van der Waals surface area contributed by atoms with Gasteiger partial charge in [0, 0.05) is 17.9 Å². The molecule has 0 amide bonds. The Morgan fingerprint density at radius 3 is 2.40 bits per heavy atom. The minimum absolute atomic E-state index is 0.260. The third kappa shape index (κ3) is 2.70. The number of sulfone groups is 1. The number of nitrogens with two attached hydrogens (primary N) is 1.